The lowest BCUT2D eigenvalue weighted by molar-refractivity contribution is -0.140. The molecule has 2 aromatic rings. The maximum atomic E-state index is 12.3. The van der Waals surface area contributed by atoms with Crippen LogP contribution < -0.4 is 5.06 Å². The molecule has 0 aliphatic carbocycles. The lowest BCUT2D eigenvalue weighted by Gasteiger charge is -2.12. The number of hydrogen-bond acceptors (Lipinski definition) is 3. The van der Waals surface area contributed by atoms with Crippen LogP contribution in [0.25, 0.3) is 0 Å². The zero-order chi connectivity index (χ0) is 13.2. The van der Waals surface area contributed by atoms with E-state index in [1.54, 1.807) is 48.5 Å². The number of carbonyl (C=O) groups excluding carboxylic acids is 2. The molecule has 4 heteroatoms. The van der Waals surface area contributed by atoms with Crippen LogP contribution in [0.2, 0.25) is 0 Å². The number of anilines is 1. The third-order valence-electron chi connectivity index (χ3n) is 2.99. The van der Waals surface area contributed by atoms with Crippen molar-refractivity contribution in [3.8, 4) is 0 Å². The van der Waals surface area contributed by atoms with Crippen molar-refractivity contribution in [2.24, 2.45) is 0 Å². The van der Waals surface area contributed by atoms with Crippen molar-refractivity contribution < 1.29 is 14.4 Å². The minimum absolute atomic E-state index is 0.359. The second kappa shape index (κ2) is 4.57. The molecule has 1 unspecified atom stereocenters. The van der Waals surface area contributed by atoms with Gasteiger partial charge in [-0.05, 0) is 17.7 Å². The molecule has 1 saturated heterocycles. The predicted octanol–water partition coefficient (Wildman–Crippen LogP) is 2.28. The first-order valence-electron chi connectivity index (χ1n) is 5.93. The molecule has 1 fully saturated rings. The Balaban J connectivity index is 1.94. The third kappa shape index (κ3) is 1.97. The number of para-hydroxylation sites is 1. The van der Waals surface area contributed by atoms with Gasteiger partial charge in [0.2, 0.25) is 0 Å². The molecule has 0 spiro atoms. The molecule has 1 atom stereocenters. The average molecular weight is 253 g/mol. The minimum Gasteiger partial charge on any atom is -0.332 e. The fourth-order valence-electron chi connectivity index (χ4n) is 2.07. The molecule has 0 bridgehead atoms. The van der Waals surface area contributed by atoms with Crippen LogP contribution in [0.3, 0.4) is 0 Å². The molecule has 0 saturated carbocycles. The molecule has 4 nitrogen and oxygen atoms in total. The van der Waals surface area contributed by atoms with Gasteiger partial charge in [-0.25, -0.2) is 4.79 Å². The molecule has 1 heterocycles. The van der Waals surface area contributed by atoms with Crippen LogP contribution in [-0.2, 0) is 14.4 Å². The highest BCUT2D eigenvalue weighted by Crippen LogP contribution is 2.30. The Hall–Kier alpha value is -2.62. The van der Waals surface area contributed by atoms with Gasteiger partial charge in [0.15, 0.2) is 5.92 Å². The number of nitrogens with zero attached hydrogens (tertiary/aromatic N) is 1. The maximum absolute atomic E-state index is 12.3. The largest absolute Gasteiger partial charge is 0.350 e. The first kappa shape index (κ1) is 11.5. The van der Waals surface area contributed by atoms with Crippen molar-refractivity contribution in [1.82, 2.24) is 0 Å². The van der Waals surface area contributed by atoms with Gasteiger partial charge in [-0.1, -0.05) is 48.5 Å². The van der Waals surface area contributed by atoms with E-state index in [9.17, 15) is 9.59 Å². The van der Waals surface area contributed by atoms with Gasteiger partial charge in [0.1, 0.15) is 0 Å². The van der Waals surface area contributed by atoms with Crippen LogP contribution in [-0.4, -0.2) is 11.9 Å². The summed E-state index contributed by atoms with van der Waals surface area (Å²) in [5, 5.41) is 1.06. The number of benzene rings is 2. The quantitative estimate of drug-likeness (QED) is 0.771. The van der Waals surface area contributed by atoms with E-state index in [2.05, 4.69) is 0 Å². The Morgan fingerprint density at radius 3 is 2.05 bits per heavy atom. The Kier molecular flexibility index (Phi) is 2.76. The summed E-state index contributed by atoms with van der Waals surface area (Å²) in [5.41, 5.74) is 1.20. The van der Waals surface area contributed by atoms with Gasteiger partial charge < -0.3 is 4.84 Å². The highest BCUT2D eigenvalue weighted by atomic mass is 16.7. The molecule has 0 aromatic heterocycles. The molecule has 19 heavy (non-hydrogen) atoms. The summed E-state index contributed by atoms with van der Waals surface area (Å²) in [6.45, 7) is 0. The van der Waals surface area contributed by atoms with Gasteiger partial charge in [0, 0.05) is 0 Å². The van der Waals surface area contributed by atoms with Crippen molar-refractivity contribution in [3.63, 3.8) is 0 Å². The summed E-state index contributed by atoms with van der Waals surface area (Å²) in [6.07, 6.45) is 0. The van der Waals surface area contributed by atoms with Crippen molar-refractivity contribution in [1.29, 1.82) is 0 Å². The molecule has 0 N–H and O–H groups in total. The molecule has 2 aromatic carbocycles. The van der Waals surface area contributed by atoms with E-state index in [4.69, 9.17) is 4.84 Å². The molecular weight excluding hydrogens is 242 g/mol. The van der Waals surface area contributed by atoms with E-state index >= 15 is 0 Å². The van der Waals surface area contributed by atoms with E-state index in [1.807, 2.05) is 12.1 Å². The average Bonchev–Trinajstić information content (AvgIpc) is 2.76. The fraction of sp³-hybridized carbons (Fsp3) is 0.0667. The summed E-state index contributed by atoms with van der Waals surface area (Å²) in [4.78, 5) is 29.3. The monoisotopic (exact) mass is 253 g/mol. The molecular formula is C15H11NO3. The lowest BCUT2D eigenvalue weighted by atomic mass is 9.99. The lowest BCUT2D eigenvalue weighted by Crippen LogP contribution is -2.25. The van der Waals surface area contributed by atoms with Gasteiger partial charge in [-0.2, -0.15) is 0 Å². The van der Waals surface area contributed by atoms with Crippen molar-refractivity contribution in [3.05, 3.63) is 66.2 Å². The van der Waals surface area contributed by atoms with Gasteiger partial charge in [-0.15, -0.1) is 5.06 Å². The third-order valence-corrected chi connectivity index (χ3v) is 2.99. The molecule has 1 aliphatic rings. The molecule has 0 radical (unpaired) electrons. The first-order chi connectivity index (χ1) is 9.27. The Morgan fingerprint density at radius 1 is 0.842 bits per heavy atom. The molecule has 94 valence electrons. The standard InChI is InChI=1S/C15H11NO3/c17-14-13(11-7-3-1-4-8-11)15(18)19-16(14)12-9-5-2-6-10-12/h1-10,13H. The molecule has 1 amide bonds. The SMILES string of the molecule is O=C1ON(c2ccccc2)C(=O)C1c1ccccc1. The van der Waals surface area contributed by atoms with Gasteiger partial charge >= 0.3 is 5.97 Å². The van der Waals surface area contributed by atoms with E-state index in [0.29, 0.717) is 11.3 Å². The van der Waals surface area contributed by atoms with Crippen LogP contribution in [0.15, 0.2) is 60.7 Å². The molecule has 3 rings (SSSR count). The minimum atomic E-state index is -0.874. The number of rotatable bonds is 2. The number of amides is 1. The predicted molar refractivity (Wildman–Crippen MR) is 69.2 cm³/mol. The maximum Gasteiger partial charge on any atom is 0.350 e. The van der Waals surface area contributed by atoms with Gasteiger partial charge in [0.05, 0.1) is 5.69 Å². The van der Waals surface area contributed by atoms with Crippen LogP contribution in [0.5, 0.6) is 0 Å². The summed E-state index contributed by atoms with van der Waals surface area (Å²) in [5.74, 6) is -1.77. The van der Waals surface area contributed by atoms with E-state index in [-0.39, 0.29) is 5.91 Å². The smallest absolute Gasteiger partial charge is 0.332 e. The second-order valence-corrected chi connectivity index (χ2v) is 4.22. The summed E-state index contributed by atoms with van der Waals surface area (Å²) < 4.78 is 0. The zero-order valence-corrected chi connectivity index (χ0v) is 10.0. The number of carbonyl (C=O) groups is 2. The van der Waals surface area contributed by atoms with Gasteiger partial charge in [-0.3, -0.25) is 4.79 Å². The van der Waals surface area contributed by atoms with Crippen LogP contribution in [0.4, 0.5) is 5.69 Å². The summed E-state index contributed by atoms with van der Waals surface area (Å²) >= 11 is 0. The van der Waals surface area contributed by atoms with Crippen LogP contribution in [0.1, 0.15) is 11.5 Å². The Morgan fingerprint density at radius 2 is 1.42 bits per heavy atom. The van der Waals surface area contributed by atoms with E-state index in [0.717, 1.165) is 5.06 Å². The highest BCUT2D eigenvalue weighted by molar-refractivity contribution is 6.14. The van der Waals surface area contributed by atoms with Gasteiger partial charge in [0.25, 0.3) is 5.91 Å². The van der Waals surface area contributed by atoms with Crippen LogP contribution in [0, 0.1) is 0 Å². The Labute approximate surface area is 110 Å². The number of hydrogen-bond donors (Lipinski definition) is 0. The summed E-state index contributed by atoms with van der Waals surface area (Å²) in [6, 6.07) is 17.8. The van der Waals surface area contributed by atoms with Crippen molar-refractivity contribution in [2.45, 2.75) is 5.92 Å². The van der Waals surface area contributed by atoms with Crippen molar-refractivity contribution >= 4 is 17.6 Å². The zero-order valence-electron chi connectivity index (χ0n) is 10.0. The van der Waals surface area contributed by atoms with E-state index in [1.165, 1.54) is 0 Å². The second-order valence-electron chi connectivity index (χ2n) is 4.22. The Bertz CT molecular complexity index is 610. The van der Waals surface area contributed by atoms with E-state index < -0.39 is 11.9 Å². The first-order valence-corrected chi connectivity index (χ1v) is 5.93. The normalized spacial score (nSPS) is 18.5. The topological polar surface area (TPSA) is 46.6 Å². The van der Waals surface area contributed by atoms with Crippen molar-refractivity contribution in [2.75, 3.05) is 5.06 Å². The fourth-order valence-corrected chi connectivity index (χ4v) is 2.07. The summed E-state index contributed by atoms with van der Waals surface area (Å²) in [7, 11) is 0. The number of hydroxylamine groups is 1. The van der Waals surface area contributed by atoms with Crippen LogP contribution >= 0.6 is 0 Å². The highest BCUT2D eigenvalue weighted by Gasteiger charge is 2.43. The molecule has 1 aliphatic heterocycles.